The first-order valence-electron chi connectivity index (χ1n) is 11.0. The molecule has 1 aromatic heterocycles. The minimum Gasteiger partial charge on any atom is -0.486 e. The van der Waals surface area contributed by atoms with Gasteiger partial charge in [0, 0.05) is 32.6 Å². The van der Waals surface area contributed by atoms with E-state index in [0.717, 1.165) is 42.8 Å². The molecule has 1 fully saturated rings. The third-order valence-corrected chi connectivity index (χ3v) is 5.69. The lowest BCUT2D eigenvalue weighted by molar-refractivity contribution is 0.171. The Hall–Kier alpha value is -2.77. The third kappa shape index (κ3) is 5.04. The number of fused-ring (bicyclic) bond motifs is 1. The normalized spacial score (nSPS) is 16.7. The topological polar surface area (TPSA) is 76.8 Å². The summed E-state index contributed by atoms with van der Waals surface area (Å²) in [6, 6.07) is 6.68. The Labute approximate surface area is 178 Å². The number of hydrogen-bond donors (Lipinski definition) is 1. The summed E-state index contributed by atoms with van der Waals surface area (Å²) in [6.07, 6.45) is 7.66. The summed E-state index contributed by atoms with van der Waals surface area (Å²) < 4.78 is 13.5. The summed E-state index contributed by atoms with van der Waals surface area (Å²) in [7, 11) is 2.09. The molecule has 0 spiro atoms. The van der Waals surface area contributed by atoms with Gasteiger partial charge in [-0.15, -0.1) is 10.2 Å². The maximum atomic E-state index is 5.74. The first-order valence-corrected chi connectivity index (χ1v) is 11.0. The molecule has 0 bridgehead atoms. The summed E-state index contributed by atoms with van der Waals surface area (Å²) >= 11 is 0. The van der Waals surface area contributed by atoms with Crippen molar-refractivity contribution in [2.75, 3.05) is 26.8 Å². The summed E-state index contributed by atoms with van der Waals surface area (Å²) in [5.74, 6) is 3.60. The fourth-order valence-electron chi connectivity index (χ4n) is 4.07. The zero-order valence-corrected chi connectivity index (χ0v) is 18.0. The van der Waals surface area contributed by atoms with Crippen LogP contribution in [0.5, 0.6) is 11.5 Å². The largest absolute Gasteiger partial charge is 0.486 e. The van der Waals surface area contributed by atoms with Gasteiger partial charge in [-0.3, -0.25) is 4.99 Å². The Bertz CT molecular complexity index is 859. The summed E-state index contributed by atoms with van der Waals surface area (Å²) in [6.45, 7) is 5.53. The Balaban J connectivity index is 1.43. The molecule has 30 heavy (non-hydrogen) atoms. The van der Waals surface area contributed by atoms with Gasteiger partial charge in [-0.05, 0) is 30.5 Å². The second kappa shape index (κ2) is 9.82. The number of aryl methyl sites for hydroxylation is 1. The van der Waals surface area contributed by atoms with Crippen LogP contribution in [0.4, 0.5) is 0 Å². The van der Waals surface area contributed by atoms with Crippen LogP contribution in [0.25, 0.3) is 0 Å². The second-order valence-corrected chi connectivity index (χ2v) is 7.96. The lowest BCUT2D eigenvalue weighted by Gasteiger charge is -2.26. The number of guanidine groups is 1. The molecule has 1 N–H and O–H groups in total. The average Bonchev–Trinajstić information content (AvgIpc) is 3.44. The molecular formula is C22H32N6O2. The fraction of sp³-hybridized carbons (Fsp3) is 0.591. The van der Waals surface area contributed by atoms with Crippen molar-refractivity contribution in [3.8, 4) is 11.5 Å². The van der Waals surface area contributed by atoms with E-state index in [2.05, 4.69) is 51.1 Å². The number of rotatable bonds is 7. The minimum absolute atomic E-state index is 0.507. The summed E-state index contributed by atoms with van der Waals surface area (Å²) in [4.78, 5) is 7.11. The fourth-order valence-corrected chi connectivity index (χ4v) is 4.07. The molecule has 1 aromatic carbocycles. The van der Waals surface area contributed by atoms with Gasteiger partial charge in [-0.25, -0.2) is 0 Å². The van der Waals surface area contributed by atoms with Gasteiger partial charge >= 0.3 is 0 Å². The number of ether oxygens (including phenoxy) is 2. The molecule has 8 heteroatoms. The van der Waals surface area contributed by atoms with Crippen molar-refractivity contribution in [1.82, 2.24) is 25.0 Å². The standard InChI is InChI=1S/C22H32N6O2/c1-3-21-26-24-16-28(21)11-10-23-22(25-18-6-4-5-7-18)27(2)15-17-8-9-19-20(14-17)30-13-12-29-19/h8-9,14,16,18H,3-7,10-13,15H2,1-2H3,(H,23,25). The van der Waals surface area contributed by atoms with Gasteiger partial charge in [0.05, 0.1) is 6.54 Å². The van der Waals surface area contributed by atoms with E-state index in [0.29, 0.717) is 25.8 Å². The highest BCUT2D eigenvalue weighted by Crippen LogP contribution is 2.31. The lowest BCUT2D eigenvalue weighted by atomic mass is 10.2. The van der Waals surface area contributed by atoms with Gasteiger partial charge in [0.15, 0.2) is 17.5 Å². The average molecular weight is 413 g/mol. The summed E-state index contributed by atoms with van der Waals surface area (Å²) in [5, 5.41) is 11.9. The van der Waals surface area contributed by atoms with E-state index in [-0.39, 0.29) is 0 Å². The van der Waals surface area contributed by atoms with Crippen molar-refractivity contribution in [3.05, 3.63) is 35.9 Å². The van der Waals surface area contributed by atoms with Crippen molar-refractivity contribution in [2.24, 2.45) is 4.99 Å². The van der Waals surface area contributed by atoms with Gasteiger partial charge < -0.3 is 24.3 Å². The molecule has 1 saturated carbocycles. The van der Waals surface area contributed by atoms with Crippen LogP contribution in [-0.2, 0) is 19.5 Å². The first kappa shape index (κ1) is 20.5. The van der Waals surface area contributed by atoms with E-state index >= 15 is 0 Å². The lowest BCUT2D eigenvalue weighted by Crippen LogP contribution is -2.43. The predicted octanol–water partition coefficient (Wildman–Crippen LogP) is 2.63. The monoisotopic (exact) mass is 412 g/mol. The van der Waals surface area contributed by atoms with Crippen molar-refractivity contribution >= 4 is 5.96 Å². The zero-order valence-electron chi connectivity index (χ0n) is 18.0. The predicted molar refractivity (Wildman–Crippen MR) is 116 cm³/mol. The Morgan fingerprint density at radius 1 is 1.23 bits per heavy atom. The summed E-state index contributed by atoms with van der Waals surface area (Å²) in [5.41, 5.74) is 1.18. The van der Waals surface area contributed by atoms with Crippen LogP contribution in [0.3, 0.4) is 0 Å². The maximum absolute atomic E-state index is 5.74. The minimum atomic E-state index is 0.507. The number of aromatic nitrogens is 3. The Morgan fingerprint density at radius 2 is 2.03 bits per heavy atom. The van der Waals surface area contributed by atoms with Crippen LogP contribution >= 0.6 is 0 Å². The molecule has 0 amide bonds. The van der Waals surface area contributed by atoms with Gasteiger partial charge in [-0.1, -0.05) is 25.8 Å². The molecule has 2 aliphatic rings. The smallest absolute Gasteiger partial charge is 0.194 e. The molecule has 0 unspecified atom stereocenters. The van der Waals surface area contributed by atoms with Gasteiger partial charge in [-0.2, -0.15) is 0 Å². The second-order valence-electron chi connectivity index (χ2n) is 7.96. The van der Waals surface area contributed by atoms with Crippen molar-refractivity contribution in [1.29, 1.82) is 0 Å². The molecule has 4 rings (SSSR count). The van der Waals surface area contributed by atoms with Gasteiger partial charge in [0.1, 0.15) is 25.4 Å². The highest BCUT2D eigenvalue weighted by Gasteiger charge is 2.19. The SMILES string of the molecule is CCc1nncn1CCN=C(NC1CCCC1)N(C)Cc1ccc2c(c1)OCCO2. The molecule has 0 radical (unpaired) electrons. The van der Waals surface area contributed by atoms with E-state index in [1.165, 1.54) is 31.2 Å². The van der Waals surface area contributed by atoms with E-state index in [1.807, 2.05) is 6.07 Å². The highest BCUT2D eigenvalue weighted by molar-refractivity contribution is 5.80. The molecule has 0 saturated heterocycles. The number of nitrogens with one attached hydrogen (secondary N) is 1. The maximum Gasteiger partial charge on any atom is 0.194 e. The molecular weight excluding hydrogens is 380 g/mol. The zero-order chi connectivity index (χ0) is 20.8. The number of nitrogens with zero attached hydrogens (tertiary/aromatic N) is 5. The van der Waals surface area contributed by atoms with E-state index in [9.17, 15) is 0 Å². The number of hydrogen-bond acceptors (Lipinski definition) is 5. The van der Waals surface area contributed by atoms with Crippen LogP contribution in [0.1, 0.15) is 44.0 Å². The molecule has 8 nitrogen and oxygen atoms in total. The van der Waals surface area contributed by atoms with Crippen LogP contribution in [0.15, 0.2) is 29.5 Å². The molecule has 1 aliphatic carbocycles. The van der Waals surface area contributed by atoms with Crippen LogP contribution < -0.4 is 14.8 Å². The quantitative estimate of drug-likeness (QED) is 0.557. The molecule has 162 valence electrons. The van der Waals surface area contributed by atoms with Crippen LogP contribution in [0, 0.1) is 0 Å². The van der Waals surface area contributed by atoms with Crippen molar-refractivity contribution in [2.45, 2.75) is 58.2 Å². The van der Waals surface area contributed by atoms with Gasteiger partial charge in [0.2, 0.25) is 0 Å². The highest BCUT2D eigenvalue weighted by atomic mass is 16.6. The third-order valence-electron chi connectivity index (χ3n) is 5.69. The Kier molecular flexibility index (Phi) is 6.71. The molecule has 2 aromatic rings. The van der Waals surface area contributed by atoms with E-state index in [1.54, 1.807) is 6.33 Å². The molecule has 1 aliphatic heterocycles. The number of aliphatic imine (C=N–C) groups is 1. The van der Waals surface area contributed by atoms with Gasteiger partial charge in [0.25, 0.3) is 0 Å². The Morgan fingerprint density at radius 3 is 2.83 bits per heavy atom. The molecule has 2 heterocycles. The van der Waals surface area contributed by atoms with Crippen LogP contribution in [0.2, 0.25) is 0 Å². The van der Waals surface area contributed by atoms with E-state index < -0.39 is 0 Å². The van der Waals surface area contributed by atoms with Crippen molar-refractivity contribution in [3.63, 3.8) is 0 Å². The van der Waals surface area contributed by atoms with E-state index in [4.69, 9.17) is 14.5 Å². The first-order chi connectivity index (χ1) is 14.7. The van der Waals surface area contributed by atoms with Crippen LogP contribution in [-0.4, -0.2) is 58.5 Å². The molecule has 0 atom stereocenters. The van der Waals surface area contributed by atoms with Crippen molar-refractivity contribution < 1.29 is 9.47 Å². The number of benzene rings is 1.